The van der Waals surface area contributed by atoms with Gasteiger partial charge in [0.05, 0.1) is 33.2 Å². The second kappa shape index (κ2) is 14.6. The van der Waals surface area contributed by atoms with E-state index < -0.39 is 10.8 Å². The molecule has 2 heteroatoms. The fourth-order valence-corrected chi connectivity index (χ4v) is 14.7. The number of hydrogen-bond acceptors (Lipinski definition) is 1. The molecule has 0 saturated carbocycles. The zero-order valence-corrected chi connectivity index (χ0v) is 40.3. The predicted octanol–water partition coefficient (Wildman–Crippen LogP) is 18.1. The van der Waals surface area contributed by atoms with E-state index in [4.69, 9.17) is 0 Å². The minimum absolute atomic E-state index is 0.469. The average Bonchev–Trinajstić information content (AvgIpc) is 4.33. The van der Waals surface area contributed by atoms with Gasteiger partial charge in [0.25, 0.3) is 0 Å². The number of para-hydroxylation sites is 2. The Morgan fingerprint density at radius 2 is 0.757 bits per heavy atom. The monoisotopic (exact) mass is 936 g/mol. The summed E-state index contributed by atoms with van der Waals surface area (Å²) in [5.74, 6) is 0. The van der Waals surface area contributed by atoms with Crippen molar-refractivity contribution in [2.45, 2.75) is 10.8 Å². The van der Waals surface area contributed by atoms with Gasteiger partial charge in [0.15, 0.2) is 0 Å². The van der Waals surface area contributed by atoms with Crippen molar-refractivity contribution in [3.63, 3.8) is 0 Å². The highest BCUT2D eigenvalue weighted by atomic mass is 15.1. The van der Waals surface area contributed by atoms with Crippen molar-refractivity contribution < 1.29 is 0 Å². The van der Waals surface area contributed by atoms with Gasteiger partial charge in [0.2, 0.25) is 0 Å². The molecule has 74 heavy (non-hydrogen) atoms. The molecule has 0 amide bonds. The Balaban J connectivity index is 0.938. The molecule has 1 aliphatic heterocycles. The molecule has 0 N–H and O–H groups in total. The van der Waals surface area contributed by atoms with Crippen LogP contribution in [0.1, 0.15) is 44.5 Å². The van der Waals surface area contributed by atoms with Crippen molar-refractivity contribution in [3.05, 3.63) is 311 Å². The molecule has 17 rings (SSSR count). The molecule has 0 atom stereocenters. The van der Waals surface area contributed by atoms with Crippen LogP contribution in [0, 0.1) is 0 Å². The standard InChI is InChI=1S/C72H44N2/c1-2-20-49-45(18-1)19-15-26-50(49)46-38-40-47(41-39-46)73(68-37-17-34-64-69(68)56-25-7-12-32-62(56)71(64)58-28-8-3-21-51(58)52-22-4-9-29-59(52)71)48-42-43-66-57(44-48)55-27-16-35-65-70(55)74(66)67-36-14-13-33-63(67)72(65)60-30-10-5-23-53(60)54-24-6-11-31-61(54)72/h1-44H. The van der Waals surface area contributed by atoms with Gasteiger partial charge in [-0.15, -0.1) is 0 Å². The molecule has 0 fully saturated rings. The normalized spacial score (nSPS) is 14.2. The molecule has 0 bridgehead atoms. The van der Waals surface area contributed by atoms with Crippen LogP contribution in [0.4, 0.5) is 17.1 Å². The number of benzene rings is 12. The van der Waals surface area contributed by atoms with Gasteiger partial charge in [-0.05, 0) is 137 Å². The van der Waals surface area contributed by atoms with Crippen molar-refractivity contribution in [2.75, 3.05) is 4.90 Å². The number of rotatable bonds is 4. The summed E-state index contributed by atoms with van der Waals surface area (Å²) in [4.78, 5) is 2.54. The highest BCUT2D eigenvalue weighted by Crippen LogP contribution is 2.65. The lowest BCUT2D eigenvalue weighted by atomic mass is 9.65. The Hall–Kier alpha value is -9.50. The third-order valence-electron chi connectivity index (χ3n) is 17.4. The van der Waals surface area contributed by atoms with E-state index in [1.165, 1.54) is 127 Å². The average molecular weight is 937 g/mol. The van der Waals surface area contributed by atoms with E-state index >= 15 is 0 Å². The van der Waals surface area contributed by atoms with Crippen LogP contribution in [0.3, 0.4) is 0 Å². The van der Waals surface area contributed by atoms with Crippen molar-refractivity contribution in [1.82, 2.24) is 4.57 Å². The van der Waals surface area contributed by atoms with Crippen LogP contribution in [0.2, 0.25) is 0 Å². The summed E-state index contributed by atoms with van der Waals surface area (Å²) < 4.78 is 2.56. The lowest BCUT2D eigenvalue weighted by Gasteiger charge is -2.39. The number of fused-ring (bicyclic) bond motifs is 23. The molecular formula is C72H44N2. The molecule has 2 heterocycles. The Kier molecular flexibility index (Phi) is 7.90. The van der Waals surface area contributed by atoms with Gasteiger partial charge in [0, 0.05) is 27.7 Å². The van der Waals surface area contributed by atoms with Crippen molar-refractivity contribution in [3.8, 4) is 50.2 Å². The zero-order chi connectivity index (χ0) is 48.3. The topological polar surface area (TPSA) is 8.17 Å². The van der Waals surface area contributed by atoms with Gasteiger partial charge in [-0.2, -0.15) is 0 Å². The van der Waals surface area contributed by atoms with Gasteiger partial charge < -0.3 is 9.47 Å². The molecular weight excluding hydrogens is 893 g/mol. The highest BCUT2D eigenvalue weighted by molar-refractivity contribution is 6.14. The van der Waals surface area contributed by atoms with Crippen LogP contribution in [-0.2, 0) is 10.8 Å². The number of hydrogen-bond donors (Lipinski definition) is 0. The van der Waals surface area contributed by atoms with Gasteiger partial charge in [-0.3, -0.25) is 0 Å². The first-order valence-corrected chi connectivity index (χ1v) is 25.9. The minimum atomic E-state index is -0.472. The SMILES string of the molecule is c1ccc2c(c1)-c1ccccc1C21c2ccccc2-c2c(N(c3ccc(-c4cccc5ccccc45)cc3)c3ccc4c(c3)c3cccc5c3n4-c3ccccc3C53c4ccccc4-c4ccccc43)cccc21. The smallest absolute Gasteiger partial charge is 0.0754 e. The van der Waals surface area contributed by atoms with Gasteiger partial charge >= 0.3 is 0 Å². The summed E-state index contributed by atoms with van der Waals surface area (Å²) in [5, 5.41) is 4.98. The second-order valence-corrected chi connectivity index (χ2v) is 20.6. The molecule has 1 aromatic heterocycles. The van der Waals surface area contributed by atoms with E-state index in [9.17, 15) is 0 Å². The Bertz CT molecular complexity index is 4470. The maximum Gasteiger partial charge on any atom is 0.0754 e. The molecule has 0 radical (unpaired) electrons. The second-order valence-electron chi connectivity index (χ2n) is 20.6. The number of aromatic nitrogens is 1. The maximum absolute atomic E-state index is 2.56. The van der Waals surface area contributed by atoms with E-state index in [1.807, 2.05) is 0 Å². The van der Waals surface area contributed by atoms with Crippen molar-refractivity contribution in [2.24, 2.45) is 0 Å². The first-order chi connectivity index (χ1) is 36.7. The number of anilines is 3. The molecule has 0 saturated heterocycles. The molecule has 2 nitrogen and oxygen atoms in total. The quantitative estimate of drug-likeness (QED) is 0.171. The molecule has 342 valence electrons. The fourth-order valence-electron chi connectivity index (χ4n) is 14.7. The van der Waals surface area contributed by atoms with E-state index in [0.29, 0.717) is 0 Å². The van der Waals surface area contributed by atoms with E-state index in [1.54, 1.807) is 0 Å². The van der Waals surface area contributed by atoms with E-state index in [2.05, 4.69) is 276 Å². The van der Waals surface area contributed by atoms with E-state index in [0.717, 1.165) is 17.1 Å². The van der Waals surface area contributed by atoms with Crippen LogP contribution >= 0.6 is 0 Å². The van der Waals surface area contributed by atoms with Crippen LogP contribution < -0.4 is 4.90 Å². The summed E-state index contributed by atoms with van der Waals surface area (Å²) in [6, 6.07) is 101. The Morgan fingerprint density at radius 1 is 0.297 bits per heavy atom. The Morgan fingerprint density at radius 3 is 1.43 bits per heavy atom. The molecule has 13 aromatic rings. The fraction of sp³-hybridized carbons (Fsp3) is 0.0278. The molecule has 4 aliphatic rings. The lowest BCUT2D eigenvalue weighted by molar-refractivity contribution is 0.748. The summed E-state index contributed by atoms with van der Waals surface area (Å²) in [5.41, 5.74) is 27.0. The minimum Gasteiger partial charge on any atom is -0.310 e. The largest absolute Gasteiger partial charge is 0.310 e. The van der Waals surface area contributed by atoms with Crippen LogP contribution in [0.25, 0.3) is 82.8 Å². The van der Waals surface area contributed by atoms with Crippen LogP contribution in [0.5, 0.6) is 0 Å². The Labute approximate surface area is 429 Å². The molecule has 3 aliphatic carbocycles. The third kappa shape index (κ3) is 4.86. The maximum atomic E-state index is 2.56. The molecule has 12 aromatic carbocycles. The van der Waals surface area contributed by atoms with Gasteiger partial charge in [-0.25, -0.2) is 0 Å². The summed E-state index contributed by atoms with van der Waals surface area (Å²) in [6.45, 7) is 0. The van der Waals surface area contributed by atoms with E-state index in [-0.39, 0.29) is 0 Å². The molecule has 2 spiro atoms. The van der Waals surface area contributed by atoms with Gasteiger partial charge in [0.1, 0.15) is 0 Å². The zero-order valence-electron chi connectivity index (χ0n) is 40.3. The summed E-state index contributed by atoms with van der Waals surface area (Å²) in [7, 11) is 0. The first-order valence-electron chi connectivity index (χ1n) is 25.9. The van der Waals surface area contributed by atoms with Crippen LogP contribution in [-0.4, -0.2) is 4.57 Å². The summed E-state index contributed by atoms with van der Waals surface area (Å²) in [6.07, 6.45) is 0. The predicted molar refractivity (Wildman–Crippen MR) is 306 cm³/mol. The van der Waals surface area contributed by atoms with Crippen molar-refractivity contribution >= 4 is 49.6 Å². The van der Waals surface area contributed by atoms with Crippen LogP contribution in [0.15, 0.2) is 267 Å². The van der Waals surface area contributed by atoms with Gasteiger partial charge in [-0.1, -0.05) is 224 Å². The highest BCUT2D eigenvalue weighted by Gasteiger charge is 2.53. The van der Waals surface area contributed by atoms with Crippen molar-refractivity contribution in [1.29, 1.82) is 0 Å². The molecule has 0 unspecified atom stereocenters. The summed E-state index contributed by atoms with van der Waals surface area (Å²) >= 11 is 0. The lowest BCUT2D eigenvalue weighted by Crippen LogP contribution is -2.33. The number of nitrogens with zero attached hydrogens (tertiary/aromatic N) is 2. The first kappa shape index (κ1) is 40.1. The third-order valence-corrected chi connectivity index (χ3v) is 17.4.